The fraction of sp³-hybridized carbons (Fsp3) is 0.133. The Labute approximate surface area is 222 Å². The zero-order valence-corrected chi connectivity index (χ0v) is 21.1. The maximum Gasteiger partial charge on any atom is 0.328 e. The fourth-order valence-corrected chi connectivity index (χ4v) is 4.96. The summed E-state index contributed by atoms with van der Waals surface area (Å²) in [7, 11) is 1.54. The molecule has 0 aliphatic rings. The van der Waals surface area contributed by atoms with Gasteiger partial charge in [-0.05, 0) is 35.2 Å². The lowest BCUT2D eigenvalue weighted by molar-refractivity contribution is 0.414. The highest BCUT2D eigenvalue weighted by molar-refractivity contribution is 5.51. The normalized spacial score (nSPS) is 12.5. The highest BCUT2D eigenvalue weighted by atomic mass is 16.5. The van der Waals surface area contributed by atoms with Crippen LogP contribution in [-0.2, 0) is 18.4 Å². The molecule has 2 aromatic heterocycles. The van der Waals surface area contributed by atoms with Gasteiger partial charge in [0.1, 0.15) is 5.75 Å². The Bertz CT molecular complexity index is 1820. The third-order valence-corrected chi connectivity index (χ3v) is 6.84. The summed E-state index contributed by atoms with van der Waals surface area (Å²) in [6, 6.07) is 25.8. The SMILES string of the molecule is COc1ccc(C(Cc2ccccc2)(c2c[nH]c(=O)[nH]c2=O)c2cn(Cc3ccccc3)c(=O)[nH]c2=O)cc1. The van der Waals surface area contributed by atoms with Gasteiger partial charge in [0.2, 0.25) is 0 Å². The number of aromatic nitrogens is 4. The lowest BCUT2D eigenvalue weighted by Crippen LogP contribution is -2.45. The second-order valence-corrected chi connectivity index (χ2v) is 9.20. The summed E-state index contributed by atoms with van der Waals surface area (Å²) in [5.41, 5.74) is -1.33. The van der Waals surface area contributed by atoms with Crippen LogP contribution in [0, 0.1) is 0 Å². The van der Waals surface area contributed by atoms with Gasteiger partial charge in [-0.15, -0.1) is 0 Å². The lowest BCUT2D eigenvalue weighted by Gasteiger charge is -2.34. The average Bonchev–Trinajstić information content (AvgIpc) is 2.95. The van der Waals surface area contributed by atoms with Crippen molar-refractivity contribution >= 4 is 0 Å². The number of hydrogen-bond donors (Lipinski definition) is 3. The largest absolute Gasteiger partial charge is 0.497 e. The molecular formula is C30H26N4O5. The Morgan fingerprint density at radius 2 is 1.36 bits per heavy atom. The highest BCUT2D eigenvalue weighted by Crippen LogP contribution is 2.39. The second-order valence-electron chi connectivity index (χ2n) is 9.20. The highest BCUT2D eigenvalue weighted by Gasteiger charge is 2.42. The Morgan fingerprint density at radius 3 is 1.97 bits per heavy atom. The Hall–Kier alpha value is -5.18. The molecule has 196 valence electrons. The van der Waals surface area contributed by atoms with Gasteiger partial charge in [0.05, 0.1) is 19.1 Å². The molecule has 0 fully saturated rings. The van der Waals surface area contributed by atoms with Gasteiger partial charge in [0.15, 0.2) is 0 Å². The van der Waals surface area contributed by atoms with E-state index >= 15 is 0 Å². The first-order valence-corrected chi connectivity index (χ1v) is 12.3. The summed E-state index contributed by atoms with van der Waals surface area (Å²) in [6.45, 7) is 0.204. The van der Waals surface area contributed by atoms with E-state index in [1.807, 2.05) is 60.7 Å². The lowest BCUT2D eigenvalue weighted by atomic mass is 9.67. The minimum atomic E-state index is -1.40. The van der Waals surface area contributed by atoms with E-state index in [1.54, 1.807) is 31.4 Å². The molecule has 1 unspecified atom stereocenters. The zero-order chi connectivity index (χ0) is 27.4. The maximum atomic E-state index is 13.7. The number of hydrogen-bond acceptors (Lipinski definition) is 5. The molecule has 1 atom stereocenters. The summed E-state index contributed by atoms with van der Waals surface area (Å²) in [4.78, 5) is 59.3. The van der Waals surface area contributed by atoms with Gasteiger partial charge >= 0.3 is 11.4 Å². The molecule has 9 heteroatoms. The van der Waals surface area contributed by atoms with Crippen LogP contribution in [0.25, 0.3) is 0 Å². The van der Waals surface area contributed by atoms with E-state index in [0.29, 0.717) is 11.3 Å². The minimum Gasteiger partial charge on any atom is -0.497 e. The van der Waals surface area contributed by atoms with E-state index in [9.17, 15) is 19.2 Å². The molecule has 0 amide bonds. The maximum absolute atomic E-state index is 13.7. The molecule has 9 nitrogen and oxygen atoms in total. The van der Waals surface area contributed by atoms with Crippen LogP contribution in [0.5, 0.6) is 5.75 Å². The first kappa shape index (κ1) is 25.5. The number of rotatable bonds is 8. The minimum absolute atomic E-state index is 0.145. The molecule has 2 heterocycles. The molecule has 39 heavy (non-hydrogen) atoms. The van der Waals surface area contributed by atoms with Crippen molar-refractivity contribution < 1.29 is 4.74 Å². The summed E-state index contributed by atoms with van der Waals surface area (Å²) in [5.74, 6) is 0.589. The van der Waals surface area contributed by atoms with Crippen LogP contribution in [0.15, 0.2) is 117 Å². The van der Waals surface area contributed by atoms with Crippen LogP contribution >= 0.6 is 0 Å². The fourth-order valence-electron chi connectivity index (χ4n) is 4.96. The van der Waals surface area contributed by atoms with Crippen LogP contribution in [0.2, 0.25) is 0 Å². The number of ether oxygens (including phenoxy) is 1. The van der Waals surface area contributed by atoms with Crippen LogP contribution in [0.4, 0.5) is 0 Å². The van der Waals surface area contributed by atoms with Crippen molar-refractivity contribution in [3.05, 3.63) is 167 Å². The first-order chi connectivity index (χ1) is 18.9. The van der Waals surface area contributed by atoms with E-state index in [2.05, 4.69) is 15.0 Å². The van der Waals surface area contributed by atoms with Gasteiger partial charge in [-0.25, -0.2) is 9.59 Å². The molecule has 0 aliphatic carbocycles. The number of nitrogens with one attached hydrogen (secondary N) is 3. The third-order valence-electron chi connectivity index (χ3n) is 6.84. The van der Waals surface area contributed by atoms with E-state index in [0.717, 1.165) is 11.1 Å². The Morgan fingerprint density at radius 1 is 0.744 bits per heavy atom. The average molecular weight is 523 g/mol. The molecule has 0 spiro atoms. The summed E-state index contributed by atoms with van der Waals surface area (Å²) in [5, 5.41) is 0. The van der Waals surface area contributed by atoms with Gasteiger partial charge in [-0.1, -0.05) is 72.8 Å². The van der Waals surface area contributed by atoms with Crippen molar-refractivity contribution in [3.8, 4) is 5.75 Å². The van der Waals surface area contributed by atoms with Gasteiger partial charge in [-0.2, -0.15) is 0 Å². The standard InChI is InChI=1S/C30H26N4O5/c1-39-23-14-12-22(13-15-23)30(16-20-8-4-2-5-9-20,24-17-31-28(37)32-26(24)35)25-19-34(29(38)33-27(25)36)18-21-10-6-3-7-11-21/h2-15,17,19H,16,18H2,1H3,(H,33,36,38)(H2,31,32,35,37). The first-order valence-electron chi connectivity index (χ1n) is 12.3. The van der Waals surface area contributed by atoms with E-state index < -0.39 is 27.9 Å². The molecule has 0 bridgehead atoms. The van der Waals surface area contributed by atoms with Crippen LogP contribution < -0.4 is 27.2 Å². The monoisotopic (exact) mass is 522 g/mol. The smallest absolute Gasteiger partial charge is 0.328 e. The molecule has 0 aliphatic heterocycles. The van der Waals surface area contributed by atoms with E-state index in [-0.39, 0.29) is 24.1 Å². The van der Waals surface area contributed by atoms with Gasteiger partial charge in [0.25, 0.3) is 11.1 Å². The summed E-state index contributed by atoms with van der Waals surface area (Å²) in [6.07, 6.45) is 3.02. The number of aromatic amines is 3. The van der Waals surface area contributed by atoms with Crippen molar-refractivity contribution in [2.45, 2.75) is 18.4 Å². The molecule has 3 N–H and O–H groups in total. The Balaban J connectivity index is 1.86. The number of benzene rings is 3. The van der Waals surface area contributed by atoms with Gasteiger partial charge < -0.3 is 9.72 Å². The van der Waals surface area contributed by atoms with Crippen molar-refractivity contribution in [1.82, 2.24) is 19.5 Å². The van der Waals surface area contributed by atoms with Crippen LogP contribution in [0.1, 0.15) is 27.8 Å². The van der Waals surface area contributed by atoms with E-state index in [4.69, 9.17) is 4.74 Å². The topological polar surface area (TPSA) is 130 Å². The number of methoxy groups -OCH3 is 1. The van der Waals surface area contributed by atoms with Crippen molar-refractivity contribution in [1.29, 1.82) is 0 Å². The van der Waals surface area contributed by atoms with E-state index in [1.165, 1.54) is 17.0 Å². The molecule has 5 aromatic rings. The molecule has 5 rings (SSSR count). The Kier molecular flexibility index (Phi) is 6.96. The predicted molar refractivity (Wildman–Crippen MR) is 148 cm³/mol. The predicted octanol–water partition coefficient (Wildman–Crippen LogP) is 2.55. The summed E-state index contributed by atoms with van der Waals surface area (Å²) < 4.78 is 6.76. The molecule has 0 radical (unpaired) electrons. The number of H-pyrrole nitrogens is 3. The van der Waals surface area contributed by atoms with Crippen molar-refractivity contribution in [2.75, 3.05) is 7.11 Å². The summed E-state index contributed by atoms with van der Waals surface area (Å²) >= 11 is 0. The molecule has 0 saturated carbocycles. The third kappa shape index (κ3) is 5.02. The van der Waals surface area contributed by atoms with Crippen molar-refractivity contribution in [2.24, 2.45) is 0 Å². The molecular weight excluding hydrogens is 496 g/mol. The van der Waals surface area contributed by atoms with Gasteiger partial charge in [-0.3, -0.25) is 24.1 Å². The zero-order valence-electron chi connectivity index (χ0n) is 21.1. The van der Waals surface area contributed by atoms with Crippen molar-refractivity contribution in [3.63, 3.8) is 0 Å². The van der Waals surface area contributed by atoms with Gasteiger partial charge in [0, 0.05) is 23.5 Å². The number of nitrogens with zero attached hydrogens (tertiary/aromatic N) is 1. The second kappa shape index (κ2) is 10.7. The molecule has 0 saturated heterocycles. The van der Waals surface area contributed by atoms with Crippen LogP contribution in [0.3, 0.4) is 0 Å². The quantitative estimate of drug-likeness (QED) is 0.288. The van der Waals surface area contributed by atoms with Crippen LogP contribution in [-0.4, -0.2) is 26.6 Å². The molecule has 3 aromatic carbocycles.